The average molecular weight is 245 g/mol. The maximum absolute atomic E-state index is 5.51. The number of aromatic nitrogens is 2. The van der Waals surface area contributed by atoms with Gasteiger partial charge >= 0.3 is 0 Å². The highest BCUT2D eigenvalue weighted by atomic mass is 16.8. The Morgan fingerprint density at radius 1 is 1.22 bits per heavy atom. The van der Waals surface area contributed by atoms with Gasteiger partial charge in [-0.15, -0.1) is 0 Å². The number of para-hydroxylation sites is 1. The first kappa shape index (κ1) is 11.4. The zero-order valence-electron chi connectivity index (χ0n) is 10.0. The number of anilines is 1. The molecule has 1 aliphatic rings. The molecule has 1 aromatic carbocycles. The van der Waals surface area contributed by atoms with Crippen molar-refractivity contribution in [1.82, 2.24) is 9.97 Å². The highest BCUT2D eigenvalue weighted by Gasteiger charge is 2.15. The molecule has 0 amide bonds. The van der Waals surface area contributed by atoms with Gasteiger partial charge in [-0.2, -0.15) is 0 Å². The highest BCUT2D eigenvalue weighted by Crippen LogP contribution is 2.20. The van der Waals surface area contributed by atoms with Gasteiger partial charge in [-0.1, -0.05) is 12.1 Å². The van der Waals surface area contributed by atoms with E-state index in [2.05, 4.69) is 15.4 Å². The minimum absolute atomic E-state index is 0.188. The number of fused-ring (bicyclic) bond motifs is 1. The molecule has 2 aromatic rings. The van der Waals surface area contributed by atoms with E-state index in [1.54, 1.807) is 0 Å². The Hall–Kier alpha value is -1.72. The van der Waals surface area contributed by atoms with Crippen molar-refractivity contribution in [2.24, 2.45) is 0 Å². The van der Waals surface area contributed by atoms with Gasteiger partial charge in [-0.3, -0.25) is 0 Å². The fourth-order valence-corrected chi connectivity index (χ4v) is 2.01. The second-order valence-electron chi connectivity index (χ2n) is 4.26. The van der Waals surface area contributed by atoms with Gasteiger partial charge in [-0.05, 0) is 25.0 Å². The van der Waals surface area contributed by atoms with Gasteiger partial charge in [0.2, 0.25) is 0 Å². The van der Waals surface area contributed by atoms with Crippen LogP contribution in [-0.4, -0.2) is 22.9 Å². The molecule has 1 aliphatic heterocycles. The summed E-state index contributed by atoms with van der Waals surface area (Å²) in [5, 5.41) is 0.941. The van der Waals surface area contributed by atoms with Gasteiger partial charge in [0.25, 0.3) is 0 Å². The fourth-order valence-electron chi connectivity index (χ4n) is 2.01. The summed E-state index contributed by atoms with van der Waals surface area (Å²) in [6, 6.07) is 7.81. The smallest absolute Gasteiger partial charge is 0.183 e. The molecule has 1 saturated heterocycles. The molecule has 0 spiro atoms. The summed E-state index contributed by atoms with van der Waals surface area (Å²) >= 11 is 0. The van der Waals surface area contributed by atoms with Crippen molar-refractivity contribution >= 4 is 16.7 Å². The first-order valence-corrected chi connectivity index (χ1v) is 6.16. The van der Waals surface area contributed by atoms with Crippen molar-refractivity contribution in [2.45, 2.75) is 25.6 Å². The number of nitrogens with one attached hydrogen (secondary N) is 1. The quantitative estimate of drug-likeness (QED) is 0.842. The van der Waals surface area contributed by atoms with Crippen LogP contribution < -0.4 is 5.48 Å². The Labute approximate surface area is 105 Å². The lowest BCUT2D eigenvalue weighted by atomic mass is 10.2. The van der Waals surface area contributed by atoms with Crippen molar-refractivity contribution in [3.05, 3.63) is 30.6 Å². The van der Waals surface area contributed by atoms with E-state index in [-0.39, 0.29) is 6.29 Å². The van der Waals surface area contributed by atoms with Crippen molar-refractivity contribution in [3.63, 3.8) is 0 Å². The van der Waals surface area contributed by atoms with E-state index in [9.17, 15) is 0 Å². The van der Waals surface area contributed by atoms with Gasteiger partial charge in [-0.25, -0.2) is 20.3 Å². The number of hydrogen-bond acceptors (Lipinski definition) is 5. The van der Waals surface area contributed by atoms with Gasteiger partial charge in [0.1, 0.15) is 6.33 Å². The van der Waals surface area contributed by atoms with Gasteiger partial charge in [0.05, 0.1) is 5.52 Å². The Balaban J connectivity index is 1.74. The molecule has 0 aliphatic carbocycles. The predicted octanol–water partition coefficient (Wildman–Crippen LogP) is 2.50. The van der Waals surface area contributed by atoms with Crippen LogP contribution in [0.15, 0.2) is 30.6 Å². The summed E-state index contributed by atoms with van der Waals surface area (Å²) in [6.45, 7) is 0.761. The van der Waals surface area contributed by atoms with E-state index in [1.807, 2.05) is 24.3 Å². The van der Waals surface area contributed by atoms with Gasteiger partial charge < -0.3 is 4.74 Å². The van der Waals surface area contributed by atoms with Crippen LogP contribution >= 0.6 is 0 Å². The third-order valence-electron chi connectivity index (χ3n) is 2.97. The largest absolute Gasteiger partial charge is 0.350 e. The minimum atomic E-state index is -0.188. The van der Waals surface area contributed by atoms with E-state index in [1.165, 1.54) is 6.33 Å². The average Bonchev–Trinajstić information content (AvgIpc) is 2.46. The number of benzene rings is 1. The number of rotatable bonds is 3. The highest BCUT2D eigenvalue weighted by molar-refractivity contribution is 5.88. The normalized spacial score (nSPS) is 19.9. The predicted molar refractivity (Wildman–Crippen MR) is 67.8 cm³/mol. The third kappa shape index (κ3) is 2.42. The zero-order valence-corrected chi connectivity index (χ0v) is 10.0. The molecule has 1 fully saturated rings. The molecule has 1 N–H and O–H groups in total. The Kier molecular flexibility index (Phi) is 3.34. The SMILES string of the molecule is c1ccc2c(NOC3CCCCO3)ncnc2c1. The van der Waals surface area contributed by atoms with Crippen molar-refractivity contribution in [2.75, 3.05) is 12.1 Å². The van der Waals surface area contributed by atoms with Crippen LogP contribution in [0.3, 0.4) is 0 Å². The summed E-state index contributed by atoms with van der Waals surface area (Å²) in [5.41, 5.74) is 3.77. The lowest BCUT2D eigenvalue weighted by Crippen LogP contribution is -2.25. The number of ether oxygens (including phenoxy) is 1. The van der Waals surface area contributed by atoms with Crippen molar-refractivity contribution in [1.29, 1.82) is 0 Å². The van der Waals surface area contributed by atoms with Gasteiger partial charge in [0.15, 0.2) is 12.1 Å². The van der Waals surface area contributed by atoms with Crippen LogP contribution in [0.1, 0.15) is 19.3 Å². The van der Waals surface area contributed by atoms with Crippen molar-refractivity contribution < 1.29 is 9.57 Å². The van der Waals surface area contributed by atoms with Gasteiger partial charge in [0, 0.05) is 18.4 Å². The molecular weight excluding hydrogens is 230 g/mol. The molecule has 5 heteroatoms. The van der Waals surface area contributed by atoms with Crippen LogP contribution in [0.4, 0.5) is 5.82 Å². The van der Waals surface area contributed by atoms with Crippen LogP contribution in [0.25, 0.3) is 10.9 Å². The standard InChI is InChI=1S/C13H15N3O2/c1-2-6-11-10(5-1)13(15-9-14-11)16-18-12-7-3-4-8-17-12/h1-2,5-6,9,12H,3-4,7-8H2,(H,14,15,16). The third-order valence-corrected chi connectivity index (χ3v) is 2.97. The molecule has 1 unspecified atom stereocenters. The lowest BCUT2D eigenvalue weighted by molar-refractivity contribution is -0.145. The van der Waals surface area contributed by atoms with Crippen LogP contribution in [0.2, 0.25) is 0 Å². The van der Waals surface area contributed by atoms with Crippen LogP contribution in [0, 0.1) is 0 Å². The summed E-state index contributed by atoms with van der Waals surface area (Å²) in [7, 11) is 0. The summed E-state index contributed by atoms with van der Waals surface area (Å²) in [4.78, 5) is 13.9. The van der Waals surface area contributed by atoms with E-state index in [0.29, 0.717) is 5.82 Å². The Bertz CT molecular complexity index is 521. The topological polar surface area (TPSA) is 56.3 Å². The monoisotopic (exact) mass is 245 g/mol. The van der Waals surface area contributed by atoms with Crippen LogP contribution in [0.5, 0.6) is 0 Å². The first-order chi connectivity index (χ1) is 8.93. The minimum Gasteiger partial charge on any atom is -0.350 e. The molecule has 18 heavy (non-hydrogen) atoms. The molecule has 0 bridgehead atoms. The maximum atomic E-state index is 5.51. The molecule has 3 rings (SSSR count). The van der Waals surface area contributed by atoms with E-state index in [4.69, 9.17) is 9.57 Å². The van der Waals surface area contributed by atoms with Crippen LogP contribution in [-0.2, 0) is 9.57 Å². The maximum Gasteiger partial charge on any atom is 0.183 e. The second-order valence-corrected chi connectivity index (χ2v) is 4.26. The van der Waals surface area contributed by atoms with E-state index < -0.39 is 0 Å². The summed E-state index contributed by atoms with van der Waals surface area (Å²) in [5.74, 6) is 0.676. The Morgan fingerprint density at radius 2 is 2.17 bits per heavy atom. The number of hydrogen-bond donors (Lipinski definition) is 1. The molecule has 1 aromatic heterocycles. The summed E-state index contributed by atoms with van der Waals surface area (Å²) < 4.78 is 5.48. The lowest BCUT2D eigenvalue weighted by Gasteiger charge is -2.22. The molecule has 0 saturated carbocycles. The summed E-state index contributed by atoms with van der Waals surface area (Å²) in [6.07, 6.45) is 4.49. The van der Waals surface area contributed by atoms with Crippen molar-refractivity contribution in [3.8, 4) is 0 Å². The fraction of sp³-hybridized carbons (Fsp3) is 0.385. The first-order valence-electron chi connectivity index (χ1n) is 6.16. The van der Waals surface area contributed by atoms with E-state index >= 15 is 0 Å². The molecule has 0 radical (unpaired) electrons. The molecule has 94 valence electrons. The van der Waals surface area contributed by atoms with E-state index in [0.717, 1.165) is 36.8 Å². The number of nitrogens with zero attached hydrogens (tertiary/aromatic N) is 2. The second kappa shape index (κ2) is 5.29. The zero-order chi connectivity index (χ0) is 12.2. The molecule has 2 heterocycles. The molecule has 1 atom stereocenters. The molecular formula is C13H15N3O2. The molecule has 5 nitrogen and oxygen atoms in total. The Morgan fingerprint density at radius 3 is 3.06 bits per heavy atom.